The Morgan fingerprint density at radius 2 is 2.00 bits per heavy atom. The maximum absolute atomic E-state index is 11.6. The molecule has 1 aromatic rings. The summed E-state index contributed by atoms with van der Waals surface area (Å²) >= 11 is 0. The van der Waals surface area contributed by atoms with Crippen LogP contribution in [0.2, 0.25) is 0 Å². The molecule has 0 heterocycles. The highest BCUT2D eigenvalue weighted by atomic mass is 127. The summed E-state index contributed by atoms with van der Waals surface area (Å²) < 4.78 is 0. The van der Waals surface area contributed by atoms with Crippen LogP contribution in [-0.2, 0) is 11.3 Å². The predicted molar refractivity (Wildman–Crippen MR) is 98.1 cm³/mol. The van der Waals surface area contributed by atoms with Crippen molar-refractivity contribution in [3.05, 3.63) is 35.4 Å². The first kappa shape index (κ1) is 19.7. The van der Waals surface area contributed by atoms with E-state index < -0.39 is 0 Å². The molecule has 0 saturated carbocycles. The summed E-state index contributed by atoms with van der Waals surface area (Å²) in [6.07, 6.45) is 0. The summed E-state index contributed by atoms with van der Waals surface area (Å²) in [7, 11) is 3.47. The molecular formula is C15H25IN4O. The molecule has 1 rings (SSSR count). The Bertz CT molecular complexity index is 474. The Morgan fingerprint density at radius 3 is 2.57 bits per heavy atom. The van der Waals surface area contributed by atoms with Crippen LogP contribution in [0.5, 0.6) is 0 Å². The minimum absolute atomic E-state index is 0. The van der Waals surface area contributed by atoms with Gasteiger partial charge in [0.2, 0.25) is 5.91 Å². The lowest BCUT2D eigenvalue weighted by molar-refractivity contribution is -0.127. The Balaban J connectivity index is 0.00000400. The van der Waals surface area contributed by atoms with Gasteiger partial charge < -0.3 is 15.5 Å². The molecule has 0 fully saturated rings. The lowest BCUT2D eigenvalue weighted by atomic mass is 10.1. The van der Waals surface area contributed by atoms with Crippen molar-refractivity contribution in [3.8, 4) is 0 Å². The van der Waals surface area contributed by atoms with E-state index >= 15 is 0 Å². The molecule has 0 aliphatic carbocycles. The van der Waals surface area contributed by atoms with Gasteiger partial charge in [-0.15, -0.1) is 24.0 Å². The van der Waals surface area contributed by atoms with E-state index in [1.807, 2.05) is 19.1 Å². The number of carbonyl (C=O) groups excluding carboxylic acids is 1. The first-order valence-electron chi connectivity index (χ1n) is 6.80. The zero-order valence-electron chi connectivity index (χ0n) is 13.1. The molecule has 1 amide bonds. The second-order valence-corrected chi connectivity index (χ2v) is 4.83. The maximum atomic E-state index is 11.6. The Labute approximate surface area is 144 Å². The van der Waals surface area contributed by atoms with Crippen molar-refractivity contribution in [1.29, 1.82) is 0 Å². The third-order valence-electron chi connectivity index (χ3n) is 2.75. The van der Waals surface area contributed by atoms with Gasteiger partial charge in [0.1, 0.15) is 0 Å². The van der Waals surface area contributed by atoms with E-state index in [2.05, 4.69) is 34.7 Å². The van der Waals surface area contributed by atoms with Gasteiger partial charge in [-0.3, -0.25) is 4.79 Å². The van der Waals surface area contributed by atoms with Crippen molar-refractivity contribution in [1.82, 2.24) is 15.5 Å². The molecular weight excluding hydrogens is 379 g/mol. The molecule has 0 radical (unpaired) electrons. The van der Waals surface area contributed by atoms with Gasteiger partial charge in [-0.25, -0.2) is 4.99 Å². The molecule has 0 bridgehead atoms. The average Bonchev–Trinajstić information content (AvgIpc) is 2.41. The molecule has 21 heavy (non-hydrogen) atoms. The molecule has 6 heteroatoms. The molecule has 118 valence electrons. The summed E-state index contributed by atoms with van der Waals surface area (Å²) in [6.45, 7) is 5.65. The molecule has 5 nitrogen and oxygen atoms in total. The lowest BCUT2D eigenvalue weighted by Gasteiger charge is -2.14. The number of carbonyl (C=O) groups is 1. The van der Waals surface area contributed by atoms with Crippen molar-refractivity contribution in [3.63, 3.8) is 0 Å². The maximum Gasteiger partial charge on any atom is 0.241 e. The van der Waals surface area contributed by atoms with Gasteiger partial charge in [0.15, 0.2) is 5.96 Å². The highest BCUT2D eigenvalue weighted by Gasteiger charge is 2.05. The van der Waals surface area contributed by atoms with E-state index in [1.54, 1.807) is 19.0 Å². The fraction of sp³-hybridized carbons (Fsp3) is 0.467. The molecule has 0 aliphatic rings. The van der Waals surface area contributed by atoms with Crippen LogP contribution in [-0.4, -0.2) is 44.0 Å². The zero-order valence-corrected chi connectivity index (χ0v) is 15.5. The number of nitrogens with zero attached hydrogens (tertiary/aromatic N) is 2. The Morgan fingerprint density at radius 1 is 1.29 bits per heavy atom. The molecule has 1 aromatic carbocycles. The second-order valence-electron chi connectivity index (χ2n) is 4.83. The van der Waals surface area contributed by atoms with Crippen molar-refractivity contribution < 1.29 is 4.79 Å². The first-order valence-corrected chi connectivity index (χ1v) is 6.80. The van der Waals surface area contributed by atoms with Gasteiger partial charge in [0.25, 0.3) is 0 Å². The number of aliphatic imine (C=N–C) groups is 1. The van der Waals surface area contributed by atoms with Crippen LogP contribution in [0, 0.1) is 6.92 Å². The van der Waals surface area contributed by atoms with Crippen LogP contribution in [0.4, 0.5) is 0 Å². The lowest BCUT2D eigenvalue weighted by Crippen LogP contribution is -2.42. The third kappa shape index (κ3) is 7.89. The minimum atomic E-state index is 0. The number of hydrogen-bond acceptors (Lipinski definition) is 2. The molecule has 0 atom stereocenters. The smallest absolute Gasteiger partial charge is 0.241 e. The summed E-state index contributed by atoms with van der Waals surface area (Å²) in [6, 6.07) is 8.24. The summed E-state index contributed by atoms with van der Waals surface area (Å²) in [5, 5.41) is 6.16. The summed E-state index contributed by atoms with van der Waals surface area (Å²) in [4.78, 5) is 17.6. The molecule has 0 saturated heterocycles. The van der Waals surface area contributed by atoms with E-state index in [9.17, 15) is 4.79 Å². The molecule has 0 aliphatic heterocycles. The average molecular weight is 404 g/mol. The molecule has 0 spiro atoms. The Kier molecular flexibility index (Phi) is 9.77. The number of rotatable bonds is 5. The monoisotopic (exact) mass is 404 g/mol. The van der Waals surface area contributed by atoms with Crippen LogP contribution < -0.4 is 10.6 Å². The SMILES string of the molecule is CCNC(=NCc1cccc(C)c1)NCC(=O)N(C)C.I. The number of halogens is 1. The number of likely N-dealkylation sites (N-methyl/N-ethyl adjacent to an activating group) is 1. The van der Waals surface area contributed by atoms with E-state index in [1.165, 1.54) is 5.56 Å². The third-order valence-corrected chi connectivity index (χ3v) is 2.75. The van der Waals surface area contributed by atoms with E-state index in [-0.39, 0.29) is 36.4 Å². The highest BCUT2D eigenvalue weighted by Crippen LogP contribution is 2.04. The molecule has 0 aromatic heterocycles. The van der Waals surface area contributed by atoms with E-state index in [0.717, 1.165) is 12.1 Å². The number of aryl methyl sites for hydroxylation is 1. The van der Waals surface area contributed by atoms with Gasteiger partial charge in [-0.1, -0.05) is 29.8 Å². The number of amides is 1. The normalized spacial score (nSPS) is 10.6. The predicted octanol–water partition coefficient (Wildman–Crippen LogP) is 1.76. The second kappa shape index (κ2) is 10.4. The number of benzene rings is 1. The van der Waals surface area contributed by atoms with Crippen LogP contribution >= 0.6 is 24.0 Å². The summed E-state index contributed by atoms with van der Waals surface area (Å²) in [5.41, 5.74) is 2.37. The van der Waals surface area contributed by atoms with E-state index in [4.69, 9.17) is 0 Å². The molecule has 2 N–H and O–H groups in total. The highest BCUT2D eigenvalue weighted by molar-refractivity contribution is 14.0. The van der Waals surface area contributed by atoms with Gasteiger partial charge in [0, 0.05) is 20.6 Å². The first-order chi connectivity index (χ1) is 9.52. The minimum Gasteiger partial charge on any atom is -0.357 e. The topological polar surface area (TPSA) is 56.7 Å². The van der Waals surface area contributed by atoms with Crippen LogP contribution in [0.1, 0.15) is 18.1 Å². The number of guanidine groups is 1. The summed E-state index contributed by atoms with van der Waals surface area (Å²) in [5.74, 6) is 0.676. The van der Waals surface area contributed by atoms with Crippen molar-refractivity contribution >= 4 is 35.8 Å². The molecule has 0 unspecified atom stereocenters. The van der Waals surface area contributed by atoms with Crippen LogP contribution in [0.15, 0.2) is 29.3 Å². The number of hydrogen-bond donors (Lipinski definition) is 2. The van der Waals surface area contributed by atoms with E-state index in [0.29, 0.717) is 12.5 Å². The number of nitrogens with one attached hydrogen (secondary N) is 2. The van der Waals surface area contributed by atoms with Gasteiger partial charge in [-0.05, 0) is 19.4 Å². The van der Waals surface area contributed by atoms with Crippen molar-refractivity contribution in [2.24, 2.45) is 4.99 Å². The largest absolute Gasteiger partial charge is 0.357 e. The van der Waals surface area contributed by atoms with Crippen molar-refractivity contribution in [2.45, 2.75) is 20.4 Å². The zero-order chi connectivity index (χ0) is 15.0. The fourth-order valence-corrected chi connectivity index (χ4v) is 1.64. The quantitative estimate of drug-likeness (QED) is 0.447. The fourth-order valence-electron chi connectivity index (χ4n) is 1.64. The van der Waals surface area contributed by atoms with Gasteiger partial charge in [-0.2, -0.15) is 0 Å². The van der Waals surface area contributed by atoms with Crippen LogP contribution in [0.25, 0.3) is 0 Å². The standard InChI is InChI=1S/C15H24N4O.HI/c1-5-16-15(18-11-14(20)19(3)4)17-10-13-8-6-7-12(2)9-13;/h6-9H,5,10-11H2,1-4H3,(H2,16,17,18);1H. The van der Waals surface area contributed by atoms with Crippen molar-refractivity contribution in [2.75, 3.05) is 27.2 Å². The Hall–Kier alpha value is -1.31. The van der Waals surface area contributed by atoms with Gasteiger partial charge in [0.05, 0.1) is 13.1 Å². The van der Waals surface area contributed by atoms with Gasteiger partial charge >= 0.3 is 0 Å². The van der Waals surface area contributed by atoms with Crippen LogP contribution in [0.3, 0.4) is 0 Å².